The number of carbonyl (C=O) groups excluding carboxylic acids is 1. The van der Waals surface area contributed by atoms with Crippen LogP contribution in [0.15, 0.2) is 42.0 Å². The standard InChI is InChI=1S/C22H23F3N2O/c1-20(2)16-11-10-14-17(13-8-6-5-7-9-13)27(4)26-18(14)21(16,3)12-15(19(20)28)22(23,24)25/h5-9,12,16H,10-11H2,1-4H3. The van der Waals surface area contributed by atoms with Gasteiger partial charge in [0.15, 0.2) is 5.78 Å². The maximum atomic E-state index is 13.7. The first-order valence-corrected chi connectivity index (χ1v) is 9.44. The van der Waals surface area contributed by atoms with E-state index in [1.54, 1.807) is 25.5 Å². The topological polar surface area (TPSA) is 34.9 Å². The van der Waals surface area contributed by atoms with Gasteiger partial charge in [-0.05, 0) is 18.8 Å². The van der Waals surface area contributed by atoms with Crippen molar-refractivity contribution >= 4 is 5.78 Å². The lowest BCUT2D eigenvalue weighted by atomic mass is 9.52. The van der Waals surface area contributed by atoms with Crippen LogP contribution in [0.5, 0.6) is 0 Å². The average molecular weight is 388 g/mol. The monoisotopic (exact) mass is 388 g/mol. The Morgan fingerprint density at radius 1 is 1.14 bits per heavy atom. The van der Waals surface area contributed by atoms with Crippen molar-refractivity contribution in [3.8, 4) is 11.3 Å². The van der Waals surface area contributed by atoms with E-state index in [0.29, 0.717) is 18.5 Å². The molecule has 1 aromatic carbocycles. The van der Waals surface area contributed by atoms with Gasteiger partial charge >= 0.3 is 6.18 Å². The molecule has 0 fully saturated rings. The Balaban J connectivity index is 1.97. The van der Waals surface area contributed by atoms with Gasteiger partial charge in [0.1, 0.15) is 0 Å². The quantitative estimate of drug-likeness (QED) is 0.689. The van der Waals surface area contributed by atoms with Crippen molar-refractivity contribution in [3.05, 3.63) is 53.2 Å². The summed E-state index contributed by atoms with van der Waals surface area (Å²) in [6.45, 7) is 5.09. The first-order chi connectivity index (χ1) is 13.0. The smallest absolute Gasteiger partial charge is 0.294 e. The third-order valence-corrected chi connectivity index (χ3v) is 6.56. The summed E-state index contributed by atoms with van der Waals surface area (Å²) >= 11 is 0. The number of rotatable bonds is 1. The van der Waals surface area contributed by atoms with E-state index in [0.717, 1.165) is 22.9 Å². The molecule has 0 radical (unpaired) electrons. The molecule has 2 aliphatic carbocycles. The molecule has 0 aliphatic heterocycles. The Hall–Kier alpha value is -2.37. The van der Waals surface area contributed by atoms with Crippen LogP contribution < -0.4 is 0 Å². The van der Waals surface area contributed by atoms with Crippen molar-refractivity contribution in [2.24, 2.45) is 18.4 Å². The zero-order valence-electron chi connectivity index (χ0n) is 16.4. The zero-order valence-corrected chi connectivity index (χ0v) is 16.4. The lowest BCUT2D eigenvalue weighted by Crippen LogP contribution is -2.53. The van der Waals surface area contributed by atoms with E-state index in [4.69, 9.17) is 0 Å². The molecule has 28 heavy (non-hydrogen) atoms. The highest BCUT2D eigenvalue weighted by Crippen LogP contribution is 2.57. The Morgan fingerprint density at radius 3 is 2.39 bits per heavy atom. The number of aryl methyl sites for hydroxylation is 1. The van der Waals surface area contributed by atoms with E-state index in [1.165, 1.54) is 0 Å². The Labute approximate surface area is 162 Å². The van der Waals surface area contributed by atoms with Gasteiger partial charge in [0.05, 0.1) is 17.0 Å². The van der Waals surface area contributed by atoms with Crippen LogP contribution in [0.25, 0.3) is 11.3 Å². The second-order valence-electron chi connectivity index (χ2n) is 8.65. The van der Waals surface area contributed by atoms with Crippen LogP contribution in [0.4, 0.5) is 13.2 Å². The second-order valence-corrected chi connectivity index (χ2v) is 8.65. The molecule has 3 nitrogen and oxygen atoms in total. The summed E-state index contributed by atoms with van der Waals surface area (Å²) < 4.78 is 42.8. The van der Waals surface area contributed by atoms with E-state index in [9.17, 15) is 18.0 Å². The van der Waals surface area contributed by atoms with Crippen molar-refractivity contribution in [1.82, 2.24) is 9.78 Å². The predicted octanol–water partition coefficient (Wildman–Crippen LogP) is 5.00. The van der Waals surface area contributed by atoms with E-state index in [2.05, 4.69) is 5.10 Å². The highest BCUT2D eigenvalue weighted by Gasteiger charge is 2.59. The second kappa shape index (κ2) is 5.82. The van der Waals surface area contributed by atoms with Crippen molar-refractivity contribution in [1.29, 1.82) is 0 Å². The number of benzene rings is 1. The van der Waals surface area contributed by atoms with Gasteiger partial charge in [0.2, 0.25) is 0 Å². The van der Waals surface area contributed by atoms with E-state index in [1.807, 2.05) is 37.4 Å². The molecule has 1 heterocycles. The molecule has 0 amide bonds. The maximum absolute atomic E-state index is 13.7. The van der Waals surface area contributed by atoms with E-state index in [-0.39, 0.29) is 5.92 Å². The molecule has 0 bridgehead atoms. The third kappa shape index (κ3) is 2.50. The third-order valence-electron chi connectivity index (χ3n) is 6.56. The van der Waals surface area contributed by atoms with Crippen LogP contribution in [0, 0.1) is 11.3 Å². The molecular weight excluding hydrogens is 365 g/mol. The minimum Gasteiger partial charge on any atom is -0.294 e. The molecule has 0 saturated heterocycles. The Morgan fingerprint density at radius 2 is 1.79 bits per heavy atom. The molecular formula is C22H23F3N2O. The van der Waals surface area contributed by atoms with Gasteiger partial charge in [-0.3, -0.25) is 9.48 Å². The van der Waals surface area contributed by atoms with E-state index >= 15 is 0 Å². The summed E-state index contributed by atoms with van der Waals surface area (Å²) in [5, 5.41) is 4.68. The van der Waals surface area contributed by atoms with Crippen LogP contribution in [-0.2, 0) is 23.7 Å². The minimum absolute atomic E-state index is 0.232. The maximum Gasteiger partial charge on any atom is 0.419 e. The number of fused-ring (bicyclic) bond motifs is 3. The summed E-state index contributed by atoms with van der Waals surface area (Å²) in [4.78, 5) is 12.7. The number of carbonyl (C=O) groups is 1. The van der Waals surface area contributed by atoms with Gasteiger partial charge < -0.3 is 0 Å². The van der Waals surface area contributed by atoms with Crippen molar-refractivity contribution in [2.45, 2.75) is 45.2 Å². The first kappa shape index (κ1) is 19.0. The minimum atomic E-state index is -4.67. The molecule has 2 unspecified atom stereocenters. The van der Waals surface area contributed by atoms with Crippen LogP contribution >= 0.6 is 0 Å². The fraction of sp³-hybridized carbons (Fsp3) is 0.455. The molecule has 2 aliphatic rings. The molecule has 6 heteroatoms. The van der Waals surface area contributed by atoms with Crippen LogP contribution in [0.2, 0.25) is 0 Å². The Bertz CT molecular complexity index is 985. The van der Waals surface area contributed by atoms with Crippen LogP contribution in [-0.4, -0.2) is 21.7 Å². The summed E-state index contributed by atoms with van der Waals surface area (Å²) in [5.41, 5.74) is 0.481. The Kier molecular flexibility index (Phi) is 3.94. The summed E-state index contributed by atoms with van der Waals surface area (Å²) in [7, 11) is 1.83. The van der Waals surface area contributed by atoms with Crippen LogP contribution in [0.3, 0.4) is 0 Å². The molecule has 4 rings (SSSR count). The van der Waals surface area contributed by atoms with Gasteiger partial charge in [0, 0.05) is 29.0 Å². The van der Waals surface area contributed by atoms with Gasteiger partial charge in [-0.1, -0.05) is 57.2 Å². The fourth-order valence-electron chi connectivity index (χ4n) is 5.31. The van der Waals surface area contributed by atoms with Gasteiger partial charge in [-0.2, -0.15) is 18.3 Å². The van der Waals surface area contributed by atoms with Gasteiger partial charge in [-0.25, -0.2) is 0 Å². The molecule has 2 atom stereocenters. The molecule has 2 aromatic rings. The SMILES string of the molecule is Cn1nc2c(c1-c1ccccc1)CCC1C(C)(C)C(=O)C(C(F)(F)F)=CC21C. The number of hydrogen-bond acceptors (Lipinski definition) is 2. The van der Waals surface area contributed by atoms with Crippen LogP contribution in [0.1, 0.15) is 38.4 Å². The lowest BCUT2D eigenvalue weighted by Gasteiger charge is -2.50. The summed E-state index contributed by atoms with van der Waals surface area (Å²) in [6, 6.07) is 9.77. The first-order valence-electron chi connectivity index (χ1n) is 9.44. The normalized spacial score (nSPS) is 26.5. The van der Waals surface area contributed by atoms with Crippen molar-refractivity contribution < 1.29 is 18.0 Å². The summed E-state index contributed by atoms with van der Waals surface area (Å²) in [6.07, 6.45) is -2.18. The number of halogens is 3. The zero-order chi connectivity index (χ0) is 20.5. The number of alkyl halides is 3. The number of nitrogens with zero attached hydrogens (tertiary/aromatic N) is 2. The number of hydrogen-bond donors (Lipinski definition) is 0. The molecule has 0 N–H and O–H groups in total. The van der Waals surface area contributed by atoms with Gasteiger partial charge in [0.25, 0.3) is 0 Å². The predicted molar refractivity (Wildman–Crippen MR) is 101 cm³/mol. The van der Waals surface area contributed by atoms with E-state index < -0.39 is 28.4 Å². The average Bonchev–Trinajstić information content (AvgIpc) is 2.95. The molecule has 0 saturated carbocycles. The number of Topliss-reactive ketones (excluding diaryl/α,β-unsaturated/α-hetero) is 1. The van der Waals surface area contributed by atoms with Crippen molar-refractivity contribution in [2.75, 3.05) is 0 Å². The number of aromatic nitrogens is 2. The molecule has 1 aromatic heterocycles. The van der Waals surface area contributed by atoms with Crippen molar-refractivity contribution in [3.63, 3.8) is 0 Å². The summed E-state index contributed by atoms with van der Waals surface area (Å²) in [5.74, 6) is -1.05. The molecule has 0 spiro atoms. The molecule has 148 valence electrons. The highest BCUT2D eigenvalue weighted by molar-refractivity contribution is 6.02. The largest absolute Gasteiger partial charge is 0.419 e. The number of ketones is 1. The van der Waals surface area contributed by atoms with Gasteiger partial charge in [-0.15, -0.1) is 0 Å². The lowest BCUT2D eigenvalue weighted by molar-refractivity contribution is -0.142. The number of allylic oxidation sites excluding steroid dienone is 2. The highest BCUT2D eigenvalue weighted by atomic mass is 19.4. The fourth-order valence-corrected chi connectivity index (χ4v) is 5.31.